The summed E-state index contributed by atoms with van der Waals surface area (Å²) in [5.74, 6) is 1.80. The van der Waals surface area contributed by atoms with E-state index in [2.05, 4.69) is 41.4 Å². The maximum Gasteiger partial charge on any atom is 0.194 e. The number of halogens is 1. The maximum atomic E-state index is 5.36. The minimum absolute atomic E-state index is 0. The van der Waals surface area contributed by atoms with Crippen molar-refractivity contribution in [2.45, 2.75) is 52.7 Å². The fourth-order valence-electron chi connectivity index (χ4n) is 3.44. The van der Waals surface area contributed by atoms with Gasteiger partial charge in [-0.05, 0) is 52.1 Å². The number of guanidine groups is 1. The van der Waals surface area contributed by atoms with Gasteiger partial charge >= 0.3 is 0 Å². The summed E-state index contributed by atoms with van der Waals surface area (Å²) < 4.78 is 5.36. The lowest BCUT2D eigenvalue weighted by molar-refractivity contribution is 0.119. The third kappa shape index (κ3) is 8.51. The molecule has 8 heteroatoms. The van der Waals surface area contributed by atoms with E-state index in [4.69, 9.17) is 14.7 Å². The average Bonchev–Trinajstić information content (AvgIpc) is 3.12. The second kappa shape index (κ2) is 13.7. The van der Waals surface area contributed by atoms with Gasteiger partial charge in [-0.2, -0.15) is 0 Å². The van der Waals surface area contributed by atoms with Crippen molar-refractivity contribution in [1.82, 2.24) is 20.1 Å². The summed E-state index contributed by atoms with van der Waals surface area (Å²) in [6.07, 6.45) is 3.88. The van der Waals surface area contributed by atoms with E-state index in [-0.39, 0.29) is 30.1 Å². The molecule has 1 saturated heterocycles. The molecule has 1 fully saturated rings. The quantitative estimate of drug-likeness (QED) is 0.230. The lowest BCUT2D eigenvalue weighted by Crippen LogP contribution is -2.39. The van der Waals surface area contributed by atoms with E-state index in [0.717, 1.165) is 55.2 Å². The standard InChI is InChI=1S/C20H37N5OS.HI/c1-6-21-20(22-10-8-12-25-11-7-9-16(2)13-25)24(4)14-18-15-27-19(23-18)17(3)26-5;/h15-17H,6-14H2,1-5H3,(H,21,22);1H. The number of hydrogen-bond donors (Lipinski definition) is 1. The summed E-state index contributed by atoms with van der Waals surface area (Å²) >= 11 is 1.66. The predicted molar refractivity (Wildman–Crippen MR) is 130 cm³/mol. The molecule has 0 bridgehead atoms. The molecule has 1 N–H and O–H groups in total. The van der Waals surface area contributed by atoms with Crippen molar-refractivity contribution in [2.24, 2.45) is 10.9 Å². The zero-order valence-electron chi connectivity index (χ0n) is 18.1. The Balaban J connectivity index is 0.00000392. The van der Waals surface area contributed by atoms with Gasteiger partial charge < -0.3 is 19.9 Å². The highest BCUT2D eigenvalue weighted by Crippen LogP contribution is 2.21. The topological polar surface area (TPSA) is 53.0 Å². The van der Waals surface area contributed by atoms with Crippen LogP contribution in [0.3, 0.4) is 0 Å². The number of rotatable bonds is 9. The highest BCUT2D eigenvalue weighted by molar-refractivity contribution is 14.0. The van der Waals surface area contributed by atoms with Crippen molar-refractivity contribution in [1.29, 1.82) is 0 Å². The van der Waals surface area contributed by atoms with Gasteiger partial charge in [0.05, 0.1) is 12.2 Å². The van der Waals surface area contributed by atoms with E-state index in [1.54, 1.807) is 18.4 Å². The van der Waals surface area contributed by atoms with Crippen LogP contribution in [0.4, 0.5) is 0 Å². The van der Waals surface area contributed by atoms with E-state index in [1.807, 2.05) is 6.92 Å². The van der Waals surface area contributed by atoms with E-state index in [0.29, 0.717) is 0 Å². The number of hydrogen-bond acceptors (Lipinski definition) is 5. The molecule has 28 heavy (non-hydrogen) atoms. The highest BCUT2D eigenvalue weighted by atomic mass is 127. The Morgan fingerprint density at radius 3 is 3.00 bits per heavy atom. The van der Waals surface area contributed by atoms with Crippen molar-refractivity contribution in [3.63, 3.8) is 0 Å². The van der Waals surface area contributed by atoms with Crippen LogP contribution in [-0.2, 0) is 11.3 Å². The predicted octanol–water partition coefficient (Wildman–Crippen LogP) is 3.99. The number of thiazole rings is 1. The molecule has 1 aliphatic heterocycles. The lowest BCUT2D eigenvalue weighted by atomic mass is 10.0. The van der Waals surface area contributed by atoms with Crippen LogP contribution in [0.1, 0.15) is 56.8 Å². The Morgan fingerprint density at radius 1 is 1.54 bits per heavy atom. The third-order valence-corrected chi connectivity index (χ3v) is 6.06. The number of aliphatic imine (C=N–C) groups is 1. The van der Waals surface area contributed by atoms with Crippen LogP contribution in [0.25, 0.3) is 0 Å². The normalized spacial score (nSPS) is 19.2. The van der Waals surface area contributed by atoms with Gasteiger partial charge in [0.15, 0.2) is 5.96 Å². The van der Waals surface area contributed by atoms with Gasteiger partial charge in [-0.3, -0.25) is 4.99 Å². The van der Waals surface area contributed by atoms with Crippen molar-refractivity contribution >= 4 is 41.3 Å². The van der Waals surface area contributed by atoms with E-state index in [9.17, 15) is 0 Å². The molecule has 2 heterocycles. The summed E-state index contributed by atoms with van der Waals surface area (Å²) in [4.78, 5) is 14.3. The van der Waals surface area contributed by atoms with Gasteiger partial charge in [-0.25, -0.2) is 4.98 Å². The number of piperidine rings is 1. The molecule has 0 amide bonds. The fraction of sp³-hybridized carbons (Fsp3) is 0.800. The molecule has 6 nitrogen and oxygen atoms in total. The molecule has 162 valence electrons. The van der Waals surface area contributed by atoms with Crippen molar-refractivity contribution in [3.05, 3.63) is 16.1 Å². The lowest BCUT2D eigenvalue weighted by Gasteiger charge is -2.30. The van der Waals surface area contributed by atoms with Crippen LogP contribution in [-0.4, -0.2) is 67.6 Å². The minimum atomic E-state index is 0. The van der Waals surface area contributed by atoms with Crippen LogP contribution in [0, 0.1) is 5.92 Å². The largest absolute Gasteiger partial charge is 0.375 e. The van der Waals surface area contributed by atoms with Gasteiger partial charge in [0.25, 0.3) is 0 Å². The summed E-state index contributed by atoms with van der Waals surface area (Å²) in [5.41, 5.74) is 1.06. The average molecular weight is 524 g/mol. The van der Waals surface area contributed by atoms with E-state index >= 15 is 0 Å². The van der Waals surface area contributed by atoms with E-state index < -0.39 is 0 Å². The number of ether oxygens (including phenoxy) is 1. The molecule has 1 aliphatic rings. The molecule has 1 aromatic heterocycles. The third-order valence-electron chi connectivity index (χ3n) is 5.00. The molecule has 0 spiro atoms. The molecular weight excluding hydrogens is 485 g/mol. The van der Waals surface area contributed by atoms with Crippen LogP contribution < -0.4 is 5.32 Å². The summed E-state index contributed by atoms with van der Waals surface area (Å²) in [6, 6.07) is 0. The molecule has 2 atom stereocenters. The van der Waals surface area contributed by atoms with Crippen LogP contribution in [0.2, 0.25) is 0 Å². The summed E-state index contributed by atoms with van der Waals surface area (Å²) in [7, 11) is 3.80. The zero-order valence-corrected chi connectivity index (χ0v) is 21.3. The molecule has 0 aliphatic carbocycles. The second-order valence-electron chi connectivity index (χ2n) is 7.55. The zero-order chi connectivity index (χ0) is 19.6. The van der Waals surface area contributed by atoms with Gasteiger partial charge in [0.2, 0.25) is 0 Å². The number of nitrogens with one attached hydrogen (secondary N) is 1. The van der Waals surface area contributed by atoms with Crippen LogP contribution in [0.5, 0.6) is 0 Å². The molecule has 0 radical (unpaired) electrons. The van der Waals surface area contributed by atoms with E-state index in [1.165, 1.54) is 25.9 Å². The van der Waals surface area contributed by atoms with Gasteiger partial charge in [-0.1, -0.05) is 6.92 Å². The van der Waals surface area contributed by atoms with Gasteiger partial charge in [-0.15, -0.1) is 35.3 Å². The van der Waals surface area contributed by atoms with Crippen molar-refractivity contribution in [3.8, 4) is 0 Å². The molecule has 1 aromatic rings. The number of likely N-dealkylation sites (tertiary alicyclic amines) is 1. The monoisotopic (exact) mass is 523 g/mol. The first kappa shape index (κ1) is 25.6. The summed E-state index contributed by atoms with van der Waals surface area (Å²) in [5, 5.41) is 6.54. The Morgan fingerprint density at radius 2 is 2.32 bits per heavy atom. The molecule has 2 rings (SSSR count). The fourth-order valence-corrected chi connectivity index (χ4v) is 4.28. The molecular formula is C20H38IN5OS. The van der Waals surface area contributed by atoms with Crippen molar-refractivity contribution in [2.75, 3.05) is 46.9 Å². The van der Waals surface area contributed by atoms with Crippen LogP contribution in [0.15, 0.2) is 10.4 Å². The Labute approximate surface area is 192 Å². The second-order valence-corrected chi connectivity index (χ2v) is 8.44. The SMILES string of the molecule is CCNC(=NCCCN1CCCC(C)C1)N(C)Cc1csc(C(C)OC)n1.I. The van der Waals surface area contributed by atoms with Gasteiger partial charge in [0, 0.05) is 39.2 Å². The first-order chi connectivity index (χ1) is 13.0. The number of nitrogens with zero attached hydrogens (tertiary/aromatic N) is 4. The Bertz CT molecular complexity index is 583. The number of methoxy groups -OCH3 is 1. The first-order valence-electron chi connectivity index (χ1n) is 10.2. The molecule has 0 aromatic carbocycles. The molecule has 0 saturated carbocycles. The Hall–Kier alpha value is -0.450. The smallest absolute Gasteiger partial charge is 0.194 e. The molecule has 2 unspecified atom stereocenters. The van der Waals surface area contributed by atoms with Crippen molar-refractivity contribution < 1.29 is 4.74 Å². The first-order valence-corrected chi connectivity index (χ1v) is 11.1. The number of aromatic nitrogens is 1. The Kier molecular flexibility index (Phi) is 12.5. The maximum absolute atomic E-state index is 5.36. The minimum Gasteiger partial charge on any atom is -0.375 e. The summed E-state index contributed by atoms with van der Waals surface area (Å²) in [6.45, 7) is 12.6. The highest BCUT2D eigenvalue weighted by Gasteiger charge is 2.16. The van der Waals surface area contributed by atoms with Gasteiger partial charge in [0.1, 0.15) is 11.1 Å². The van der Waals surface area contributed by atoms with Crippen LogP contribution >= 0.6 is 35.3 Å².